The van der Waals surface area contributed by atoms with Crippen molar-refractivity contribution in [2.24, 2.45) is 0 Å². The third-order valence-electron chi connectivity index (χ3n) is 4.90. The summed E-state index contributed by atoms with van der Waals surface area (Å²) in [5.74, 6) is -1.23. The van der Waals surface area contributed by atoms with Gasteiger partial charge in [-0.05, 0) is 47.2 Å². The molecule has 1 aliphatic rings. The number of aromatic nitrogens is 4. The molecule has 0 aliphatic carbocycles. The molecule has 0 spiro atoms. The maximum atomic E-state index is 13.1. The van der Waals surface area contributed by atoms with E-state index in [0.29, 0.717) is 11.3 Å². The van der Waals surface area contributed by atoms with E-state index in [1.165, 1.54) is 23.1 Å². The number of nitrogens with one attached hydrogen (secondary N) is 2. The van der Waals surface area contributed by atoms with Crippen molar-refractivity contribution in [1.29, 1.82) is 0 Å². The van der Waals surface area contributed by atoms with Gasteiger partial charge in [-0.15, -0.1) is 5.10 Å². The molecule has 10 nitrogen and oxygen atoms in total. The number of carbonyl (C=O) groups excluding carboxylic acids is 3. The first-order valence-electron chi connectivity index (χ1n) is 9.11. The summed E-state index contributed by atoms with van der Waals surface area (Å²) >= 11 is 17.9. The number of nitrogens with zero attached hydrogens (tertiary/aromatic N) is 5. The van der Waals surface area contributed by atoms with Crippen LogP contribution in [-0.4, -0.2) is 49.5 Å². The lowest BCUT2D eigenvalue weighted by atomic mass is 9.91. The monoisotopic (exact) mass is 493 g/mol. The number of imide groups is 1. The molecule has 4 amide bonds. The van der Waals surface area contributed by atoms with Crippen molar-refractivity contribution >= 4 is 58.3 Å². The zero-order chi connectivity index (χ0) is 23.0. The summed E-state index contributed by atoms with van der Waals surface area (Å²) in [6.07, 6.45) is 1.40. The van der Waals surface area contributed by atoms with E-state index in [0.717, 1.165) is 4.90 Å². The van der Waals surface area contributed by atoms with Crippen molar-refractivity contribution in [3.63, 3.8) is 0 Å². The Morgan fingerprint density at radius 3 is 2.59 bits per heavy atom. The van der Waals surface area contributed by atoms with E-state index in [1.807, 2.05) is 0 Å². The van der Waals surface area contributed by atoms with Crippen LogP contribution < -0.4 is 10.6 Å². The summed E-state index contributed by atoms with van der Waals surface area (Å²) in [5.41, 5.74) is -0.0849. The molecular weight excluding hydrogens is 481 g/mol. The number of hydrogen-bond acceptors (Lipinski definition) is 6. The zero-order valence-corrected chi connectivity index (χ0v) is 18.6. The van der Waals surface area contributed by atoms with E-state index in [-0.39, 0.29) is 20.8 Å². The smallest absolute Gasteiger partial charge is 0.323 e. The Balaban J connectivity index is 1.53. The van der Waals surface area contributed by atoms with Crippen LogP contribution in [0.1, 0.15) is 12.5 Å². The SMILES string of the molecule is CC1(c2cccc(-n3cnnn3)c2)NC(=O)N(CC(=O)Nc2cc(Cl)c(Cl)cc2Cl)C1=O. The van der Waals surface area contributed by atoms with Crippen LogP contribution in [0.15, 0.2) is 42.7 Å². The summed E-state index contributed by atoms with van der Waals surface area (Å²) in [4.78, 5) is 39.0. The lowest BCUT2D eigenvalue weighted by molar-refractivity contribution is -0.133. The fraction of sp³-hybridized carbons (Fsp3) is 0.158. The average molecular weight is 495 g/mol. The molecule has 13 heteroatoms. The number of carbonyl (C=O) groups is 3. The van der Waals surface area contributed by atoms with Crippen LogP contribution in [0.5, 0.6) is 0 Å². The van der Waals surface area contributed by atoms with E-state index >= 15 is 0 Å². The van der Waals surface area contributed by atoms with Gasteiger partial charge in [-0.2, -0.15) is 0 Å². The average Bonchev–Trinajstić information content (AvgIpc) is 3.36. The van der Waals surface area contributed by atoms with Gasteiger partial charge < -0.3 is 10.6 Å². The molecular formula is C19H14Cl3N7O3. The highest BCUT2D eigenvalue weighted by molar-refractivity contribution is 6.44. The van der Waals surface area contributed by atoms with Crippen LogP contribution in [0, 0.1) is 0 Å². The Labute approximate surface area is 196 Å². The molecule has 32 heavy (non-hydrogen) atoms. The molecule has 1 unspecified atom stereocenters. The molecule has 4 rings (SSSR count). The third kappa shape index (κ3) is 3.99. The Hall–Kier alpha value is -3.21. The summed E-state index contributed by atoms with van der Waals surface area (Å²) in [5, 5.41) is 16.7. The first-order chi connectivity index (χ1) is 15.2. The van der Waals surface area contributed by atoms with Crippen LogP contribution in [0.4, 0.5) is 10.5 Å². The van der Waals surface area contributed by atoms with E-state index in [2.05, 4.69) is 26.2 Å². The Bertz CT molecular complexity index is 1230. The second kappa shape index (κ2) is 8.38. The molecule has 2 aromatic carbocycles. The highest BCUT2D eigenvalue weighted by Gasteiger charge is 2.49. The number of hydrogen-bond donors (Lipinski definition) is 2. The fourth-order valence-electron chi connectivity index (χ4n) is 3.23. The predicted octanol–water partition coefficient (Wildman–Crippen LogP) is 3.03. The maximum absolute atomic E-state index is 13.1. The molecule has 1 atom stereocenters. The van der Waals surface area contributed by atoms with Gasteiger partial charge in [0.05, 0.1) is 26.4 Å². The zero-order valence-electron chi connectivity index (χ0n) is 16.3. The minimum Gasteiger partial charge on any atom is -0.323 e. The molecule has 164 valence electrons. The van der Waals surface area contributed by atoms with Crippen molar-refractivity contribution < 1.29 is 14.4 Å². The van der Waals surface area contributed by atoms with Crippen LogP contribution in [-0.2, 0) is 15.1 Å². The summed E-state index contributed by atoms with van der Waals surface area (Å²) in [7, 11) is 0. The molecule has 0 saturated carbocycles. The molecule has 3 aromatic rings. The third-order valence-corrected chi connectivity index (χ3v) is 5.93. The fourth-order valence-corrected chi connectivity index (χ4v) is 3.82. The highest BCUT2D eigenvalue weighted by Crippen LogP contribution is 2.33. The highest BCUT2D eigenvalue weighted by atomic mass is 35.5. The van der Waals surface area contributed by atoms with Crippen LogP contribution in [0.2, 0.25) is 15.1 Å². The van der Waals surface area contributed by atoms with Crippen LogP contribution in [0.3, 0.4) is 0 Å². The van der Waals surface area contributed by atoms with E-state index in [9.17, 15) is 14.4 Å². The second-order valence-electron chi connectivity index (χ2n) is 7.05. The lowest BCUT2D eigenvalue weighted by Crippen LogP contribution is -2.42. The minimum absolute atomic E-state index is 0.161. The summed E-state index contributed by atoms with van der Waals surface area (Å²) in [6.45, 7) is 1.03. The van der Waals surface area contributed by atoms with Crippen molar-refractivity contribution in [3.05, 3.63) is 63.4 Å². The number of anilines is 1. The molecule has 1 aliphatic heterocycles. The Morgan fingerprint density at radius 1 is 1.12 bits per heavy atom. The number of tetrazole rings is 1. The van der Waals surface area contributed by atoms with Crippen LogP contribution in [0.25, 0.3) is 5.69 Å². The molecule has 1 fully saturated rings. The lowest BCUT2D eigenvalue weighted by Gasteiger charge is -2.22. The second-order valence-corrected chi connectivity index (χ2v) is 8.27. The van der Waals surface area contributed by atoms with Gasteiger partial charge in [0.2, 0.25) is 5.91 Å². The molecule has 0 bridgehead atoms. The maximum Gasteiger partial charge on any atom is 0.325 e. The van der Waals surface area contributed by atoms with Crippen LogP contribution >= 0.6 is 34.8 Å². The van der Waals surface area contributed by atoms with E-state index < -0.39 is 29.9 Å². The first-order valence-corrected chi connectivity index (χ1v) is 10.2. The van der Waals surface area contributed by atoms with Gasteiger partial charge in [0, 0.05) is 0 Å². The molecule has 0 radical (unpaired) electrons. The van der Waals surface area contributed by atoms with Crippen molar-refractivity contribution in [2.75, 3.05) is 11.9 Å². The Morgan fingerprint density at radius 2 is 1.88 bits per heavy atom. The number of rotatable bonds is 5. The van der Waals surface area contributed by atoms with Gasteiger partial charge in [0.1, 0.15) is 18.4 Å². The molecule has 1 saturated heterocycles. The topological polar surface area (TPSA) is 122 Å². The number of amides is 4. The van der Waals surface area contributed by atoms with Gasteiger partial charge in [-0.1, -0.05) is 46.9 Å². The quantitative estimate of drug-likeness (QED) is 0.415. The first kappa shape index (κ1) is 22.0. The van der Waals surface area contributed by atoms with E-state index in [4.69, 9.17) is 34.8 Å². The van der Waals surface area contributed by atoms with Gasteiger partial charge in [-0.25, -0.2) is 9.48 Å². The molecule has 1 aromatic heterocycles. The Kier molecular flexibility index (Phi) is 5.76. The van der Waals surface area contributed by atoms with Gasteiger partial charge >= 0.3 is 6.03 Å². The van der Waals surface area contributed by atoms with Gasteiger partial charge in [0.15, 0.2) is 0 Å². The number of halogens is 3. The largest absolute Gasteiger partial charge is 0.325 e. The number of benzene rings is 2. The van der Waals surface area contributed by atoms with Gasteiger partial charge in [-0.3, -0.25) is 14.5 Å². The van der Waals surface area contributed by atoms with Crippen molar-refractivity contribution in [2.45, 2.75) is 12.5 Å². The number of urea groups is 1. The van der Waals surface area contributed by atoms with Gasteiger partial charge in [0.25, 0.3) is 5.91 Å². The van der Waals surface area contributed by atoms with Crippen molar-refractivity contribution in [1.82, 2.24) is 30.4 Å². The van der Waals surface area contributed by atoms with Crippen molar-refractivity contribution in [3.8, 4) is 5.69 Å². The summed E-state index contributed by atoms with van der Waals surface area (Å²) in [6, 6.07) is 8.86. The molecule has 2 N–H and O–H groups in total. The standard InChI is InChI=1S/C19H14Cl3N7O3/c1-19(10-3-2-4-11(5-10)29-9-23-26-27-29)17(31)28(18(32)25-19)8-16(30)24-15-7-13(21)12(20)6-14(15)22/h2-7,9H,8H2,1H3,(H,24,30)(H,25,32). The summed E-state index contributed by atoms with van der Waals surface area (Å²) < 4.78 is 1.42. The van der Waals surface area contributed by atoms with E-state index in [1.54, 1.807) is 31.2 Å². The predicted molar refractivity (Wildman–Crippen MR) is 117 cm³/mol. The normalized spacial score (nSPS) is 18.1. The molecule has 2 heterocycles. The minimum atomic E-state index is -1.39.